The summed E-state index contributed by atoms with van der Waals surface area (Å²) < 4.78 is 0. The van der Waals surface area contributed by atoms with Crippen molar-refractivity contribution in [1.29, 1.82) is 0 Å². The number of hydrogen-bond acceptors (Lipinski definition) is 2. The number of amides is 1. The van der Waals surface area contributed by atoms with Gasteiger partial charge in [-0.05, 0) is 55.0 Å². The summed E-state index contributed by atoms with van der Waals surface area (Å²) >= 11 is 22.8. The van der Waals surface area contributed by atoms with Gasteiger partial charge in [-0.3, -0.25) is 10.1 Å². The Kier molecular flexibility index (Phi) is 5.64. The molecule has 1 amide bonds. The number of aryl methyl sites for hydroxylation is 1. The minimum atomic E-state index is -0.401. The Labute approximate surface area is 148 Å². The molecular formula is C15H11Cl3N2OS. The van der Waals surface area contributed by atoms with Crippen LogP contribution in [0.2, 0.25) is 15.1 Å². The summed E-state index contributed by atoms with van der Waals surface area (Å²) in [6.07, 6.45) is 0. The smallest absolute Gasteiger partial charge is 0.257 e. The number of halogens is 3. The zero-order valence-electron chi connectivity index (χ0n) is 11.4. The number of benzene rings is 2. The van der Waals surface area contributed by atoms with Crippen molar-refractivity contribution in [3.05, 3.63) is 62.6 Å². The summed E-state index contributed by atoms with van der Waals surface area (Å²) in [7, 11) is 0. The van der Waals surface area contributed by atoms with Gasteiger partial charge in [-0.25, -0.2) is 0 Å². The van der Waals surface area contributed by atoms with Crippen molar-refractivity contribution < 1.29 is 4.79 Å². The minimum Gasteiger partial charge on any atom is -0.332 e. The Morgan fingerprint density at radius 3 is 2.27 bits per heavy atom. The van der Waals surface area contributed by atoms with E-state index in [0.717, 1.165) is 11.3 Å². The fourth-order valence-corrected chi connectivity index (χ4v) is 2.64. The fraction of sp³-hybridized carbons (Fsp3) is 0.0667. The first-order valence-electron chi connectivity index (χ1n) is 6.20. The van der Waals surface area contributed by atoms with Crippen molar-refractivity contribution in [2.75, 3.05) is 5.32 Å². The largest absolute Gasteiger partial charge is 0.332 e. The molecule has 114 valence electrons. The Morgan fingerprint density at radius 2 is 1.64 bits per heavy atom. The molecule has 0 aliphatic rings. The van der Waals surface area contributed by atoms with E-state index < -0.39 is 5.91 Å². The van der Waals surface area contributed by atoms with Gasteiger partial charge in [0.1, 0.15) is 0 Å². The number of carbonyl (C=O) groups is 1. The Bertz CT molecular complexity index is 729. The lowest BCUT2D eigenvalue weighted by Gasteiger charge is -2.12. The van der Waals surface area contributed by atoms with Gasteiger partial charge in [0.2, 0.25) is 0 Å². The monoisotopic (exact) mass is 372 g/mol. The molecule has 0 bridgehead atoms. The maximum atomic E-state index is 12.1. The van der Waals surface area contributed by atoms with Crippen molar-refractivity contribution >= 4 is 63.7 Å². The second kappa shape index (κ2) is 7.29. The van der Waals surface area contributed by atoms with E-state index in [1.807, 2.05) is 13.0 Å². The zero-order chi connectivity index (χ0) is 16.3. The molecule has 3 nitrogen and oxygen atoms in total. The molecule has 0 radical (unpaired) electrons. The molecule has 2 aromatic rings. The van der Waals surface area contributed by atoms with Gasteiger partial charge in [-0.1, -0.05) is 40.9 Å². The lowest BCUT2D eigenvalue weighted by molar-refractivity contribution is 0.0977. The summed E-state index contributed by atoms with van der Waals surface area (Å²) in [4.78, 5) is 12.1. The highest BCUT2D eigenvalue weighted by atomic mass is 35.5. The summed E-state index contributed by atoms with van der Waals surface area (Å²) in [5, 5.41) is 6.98. The van der Waals surface area contributed by atoms with Crippen LogP contribution in [0.15, 0.2) is 36.4 Å². The Morgan fingerprint density at radius 1 is 1.00 bits per heavy atom. The molecule has 22 heavy (non-hydrogen) atoms. The molecule has 0 fully saturated rings. The molecule has 0 aliphatic heterocycles. The van der Waals surface area contributed by atoms with Crippen LogP contribution in [-0.2, 0) is 0 Å². The summed E-state index contributed by atoms with van der Waals surface area (Å²) in [5.41, 5.74) is 2.00. The molecule has 2 aromatic carbocycles. The molecular weight excluding hydrogens is 363 g/mol. The van der Waals surface area contributed by atoms with Crippen molar-refractivity contribution in [1.82, 2.24) is 5.32 Å². The predicted molar refractivity (Wildman–Crippen MR) is 96.3 cm³/mol. The molecule has 0 aromatic heterocycles. The van der Waals surface area contributed by atoms with Gasteiger partial charge < -0.3 is 5.32 Å². The standard InChI is InChI=1S/C15H11Cl3N2OS/c1-8-2-3-10(16)7-13(8)19-15(22)20-14(21)9-4-11(17)6-12(18)5-9/h2-7H,1H3,(H2,19,20,21,22). The Balaban J connectivity index is 2.08. The molecule has 2 rings (SSSR count). The van der Waals surface area contributed by atoms with E-state index in [0.29, 0.717) is 20.6 Å². The normalized spacial score (nSPS) is 10.2. The van der Waals surface area contributed by atoms with Crippen LogP contribution in [0.1, 0.15) is 15.9 Å². The van der Waals surface area contributed by atoms with Crippen molar-refractivity contribution in [3.63, 3.8) is 0 Å². The third kappa shape index (κ3) is 4.58. The molecule has 0 saturated carbocycles. The Hall–Kier alpha value is -1.33. The number of anilines is 1. The summed E-state index contributed by atoms with van der Waals surface area (Å²) in [6.45, 7) is 1.90. The minimum absolute atomic E-state index is 0.159. The number of rotatable bonds is 2. The fourth-order valence-electron chi connectivity index (χ4n) is 1.74. The van der Waals surface area contributed by atoms with E-state index in [1.165, 1.54) is 12.1 Å². The van der Waals surface area contributed by atoms with Crippen LogP contribution in [0.5, 0.6) is 0 Å². The van der Waals surface area contributed by atoms with Crippen molar-refractivity contribution in [2.45, 2.75) is 6.92 Å². The SMILES string of the molecule is Cc1ccc(Cl)cc1NC(=S)NC(=O)c1cc(Cl)cc(Cl)c1. The molecule has 0 spiro atoms. The van der Waals surface area contributed by atoms with Crippen LogP contribution in [0.25, 0.3) is 0 Å². The average Bonchev–Trinajstić information content (AvgIpc) is 2.41. The van der Waals surface area contributed by atoms with Gasteiger partial charge in [-0.15, -0.1) is 0 Å². The first-order chi connectivity index (χ1) is 10.3. The zero-order valence-corrected chi connectivity index (χ0v) is 14.5. The molecule has 0 unspecified atom stereocenters. The molecule has 2 N–H and O–H groups in total. The average molecular weight is 374 g/mol. The third-order valence-electron chi connectivity index (χ3n) is 2.80. The van der Waals surface area contributed by atoms with Crippen molar-refractivity contribution in [3.8, 4) is 0 Å². The molecule has 0 heterocycles. The first kappa shape index (κ1) is 17.0. The predicted octanol–water partition coefficient (Wildman–Crippen LogP) is 5.08. The number of thiocarbonyl (C=S) groups is 1. The van der Waals surface area contributed by atoms with Crippen LogP contribution < -0.4 is 10.6 Å². The van der Waals surface area contributed by atoms with E-state index in [1.54, 1.807) is 18.2 Å². The van der Waals surface area contributed by atoms with Crippen LogP contribution in [-0.4, -0.2) is 11.0 Å². The van der Waals surface area contributed by atoms with E-state index in [-0.39, 0.29) is 5.11 Å². The van der Waals surface area contributed by atoms with Crippen LogP contribution >= 0.6 is 47.0 Å². The number of nitrogens with one attached hydrogen (secondary N) is 2. The molecule has 7 heteroatoms. The van der Waals surface area contributed by atoms with Crippen LogP contribution in [0, 0.1) is 6.92 Å². The molecule has 0 atom stereocenters. The maximum absolute atomic E-state index is 12.1. The highest BCUT2D eigenvalue weighted by molar-refractivity contribution is 7.80. The van der Waals surface area contributed by atoms with Gasteiger partial charge in [0.25, 0.3) is 5.91 Å². The second-order valence-electron chi connectivity index (χ2n) is 4.53. The third-order valence-corrected chi connectivity index (χ3v) is 3.68. The number of hydrogen-bond donors (Lipinski definition) is 2. The number of carbonyl (C=O) groups excluding carboxylic acids is 1. The summed E-state index contributed by atoms with van der Waals surface area (Å²) in [5.74, 6) is -0.401. The van der Waals surface area contributed by atoms with Gasteiger partial charge in [0.15, 0.2) is 5.11 Å². The van der Waals surface area contributed by atoms with E-state index in [4.69, 9.17) is 47.0 Å². The molecule has 0 aliphatic carbocycles. The van der Waals surface area contributed by atoms with Crippen molar-refractivity contribution in [2.24, 2.45) is 0 Å². The second-order valence-corrected chi connectivity index (χ2v) is 6.24. The van der Waals surface area contributed by atoms with Crippen LogP contribution in [0.4, 0.5) is 5.69 Å². The lowest BCUT2D eigenvalue weighted by Crippen LogP contribution is -2.34. The van der Waals surface area contributed by atoms with E-state index >= 15 is 0 Å². The van der Waals surface area contributed by atoms with Gasteiger partial charge in [0, 0.05) is 26.3 Å². The highest BCUT2D eigenvalue weighted by Crippen LogP contribution is 2.21. The topological polar surface area (TPSA) is 41.1 Å². The van der Waals surface area contributed by atoms with Crippen LogP contribution in [0.3, 0.4) is 0 Å². The van der Waals surface area contributed by atoms with Gasteiger partial charge in [-0.2, -0.15) is 0 Å². The summed E-state index contributed by atoms with van der Waals surface area (Å²) in [6, 6.07) is 9.92. The maximum Gasteiger partial charge on any atom is 0.257 e. The first-order valence-corrected chi connectivity index (χ1v) is 7.74. The van der Waals surface area contributed by atoms with E-state index in [2.05, 4.69) is 10.6 Å². The highest BCUT2D eigenvalue weighted by Gasteiger charge is 2.10. The molecule has 0 saturated heterocycles. The van der Waals surface area contributed by atoms with Gasteiger partial charge in [0.05, 0.1) is 0 Å². The lowest BCUT2D eigenvalue weighted by atomic mass is 10.2. The van der Waals surface area contributed by atoms with E-state index in [9.17, 15) is 4.79 Å². The quantitative estimate of drug-likeness (QED) is 0.721. The van der Waals surface area contributed by atoms with Gasteiger partial charge >= 0.3 is 0 Å².